The van der Waals surface area contributed by atoms with Crippen molar-refractivity contribution in [2.24, 2.45) is 0 Å². The van der Waals surface area contributed by atoms with E-state index in [1.54, 1.807) is 41.1 Å². The van der Waals surface area contributed by atoms with Crippen LogP contribution in [0.4, 0.5) is 20.7 Å². The van der Waals surface area contributed by atoms with Gasteiger partial charge in [-0.3, -0.25) is 5.32 Å². The molecule has 0 spiro atoms. The van der Waals surface area contributed by atoms with Gasteiger partial charge in [-0.25, -0.2) is 13.9 Å². The van der Waals surface area contributed by atoms with E-state index in [0.717, 1.165) is 5.69 Å². The molecule has 0 radical (unpaired) electrons. The maximum absolute atomic E-state index is 13.3. The van der Waals surface area contributed by atoms with Crippen molar-refractivity contribution in [3.8, 4) is 5.69 Å². The Bertz CT molecular complexity index is 944. The molecule has 2 N–H and O–H groups in total. The van der Waals surface area contributed by atoms with E-state index >= 15 is 0 Å². The molecule has 3 aromatic rings. The molecule has 0 atom stereocenters. The minimum atomic E-state index is -0.416. The number of urea groups is 1. The fourth-order valence-corrected chi connectivity index (χ4v) is 2.55. The second-order valence-corrected chi connectivity index (χ2v) is 7.58. The van der Waals surface area contributed by atoms with Gasteiger partial charge in [-0.1, -0.05) is 32.4 Å². The third-order valence-electron chi connectivity index (χ3n) is 3.89. The standard InChI is InChI=1S/C20H20ClFN4O/c1-20(2,3)17-12-18(26(25-17)16-10-6-14(22)7-11-16)24-19(27)23-15-8-4-13(21)5-9-15/h4-12H,1-3H3,(H2,23,24,27). The molecule has 140 valence electrons. The summed E-state index contributed by atoms with van der Waals surface area (Å²) in [5, 5.41) is 10.7. The number of carbonyl (C=O) groups is 1. The Hall–Kier alpha value is -2.86. The number of halogens is 2. The van der Waals surface area contributed by atoms with E-state index in [9.17, 15) is 9.18 Å². The van der Waals surface area contributed by atoms with Crippen molar-refractivity contribution in [2.75, 3.05) is 10.6 Å². The molecule has 2 amide bonds. The van der Waals surface area contributed by atoms with Crippen LogP contribution in [-0.2, 0) is 5.41 Å². The van der Waals surface area contributed by atoms with Crippen LogP contribution in [0.5, 0.6) is 0 Å². The lowest BCUT2D eigenvalue weighted by Gasteiger charge is -2.14. The first-order valence-electron chi connectivity index (χ1n) is 8.42. The van der Waals surface area contributed by atoms with Crippen molar-refractivity contribution in [3.63, 3.8) is 0 Å². The lowest BCUT2D eigenvalue weighted by atomic mass is 9.92. The number of aromatic nitrogens is 2. The lowest BCUT2D eigenvalue weighted by molar-refractivity contribution is 0.262. The summed E-state index contributed by atoms with van der Waals surface area (Å²) >= 11 is 5.86. The van der Waals surface area contributed by atoms with Gasteiger partial charge in [-0.15, -0.1) is 0 Å². The molecule has 1 heterocycles. The van der Waals surface area contributed by atoms with Gasteiger partial charge in [-0.05, 0) is 48.5 Å². The maximum Gasteiger partial charge on any atom is 0.324 e. The summed E-state index contributed by atoms with van der Waals surface area (Å²) in [4.78, 5) is 12.4. The number of amides is 2. The van der Waals surface area contributed by atoms with E-state index in [2.05, 4.69) is 15.7 Å². The topological polar surface area (TPSA) is 59.0 Å². The third-order valence-corrected chi connectivity index (χ3v) is 4.14. The van der Waals surface area contributed by atoms with Crippen molar-refractivity contribution in [2.45, 2.75) is 26.2 Å². The predicted molar refractivity (Wildman–Crippen MR) is 106 cm³/mol. The van der Waals surface area contributed by atoms with E-state index in [-0.39, 0.29) is 11.2 Å². The molecular formula is C20H20ClFN4O. The van der Waals surface area contributed by atoms with Gasteiger partial charge in [0, 0.05) is 22.2 Å². The zero-order valence-electron chi connectivity index (χ0n) is 15.3. The molecule has 0 fully saturated rings. The van der Waals surface area contributed by atoms with E-state index < -0.39 is 6.03 Å². The van der Waals surface area contributed by atoms with Gasteiger partial charge in [-0.2, -0.15) is 5.10 Å². The molecular weight excluding hydrogens is 367 g/mol. The highest BCUT2D eigenvalue weighted by Gasteiger charge is 2.21. The number of rotatable bonds is 3. The Morgan fingerprint density at radius 3 is 2.26 bits per heavy atom. The van der Waals surface area contributed by atoms with Crippen LogP contribution in [0.15, 0.2) is 54.6 Å². The van der Waals surface area contributed by atoms with Crippen LogP contribution in [0.2, 0.25) is 5.02 Å². The van der Waals surface area contributed by atoms with Crippen molar-refractivity contribution >= 4 is 29.1 Å². The summed E-state index contributed by atoms with van der Waals surface area (Å²) < 4.78 is 14.8. The Balaban J connectivity index is 1.88. The minimum Gasteiger partial charge on any atom is -0.308 e. The second kappa shape index (κ2) is 7.40. The largest absolute Gasteiger partial charge is 0.324 e. The number of benzene rings is 2. The molecule has 5 nitrogen and oxygen atoms in total. The van der Waals surface area contributed by atoms with Crippen LogP contribution in [-0.4, -0.2) is 15.8 Å². The number of anilines is 2. The highest BCUT2D eigenvalue weighted by Crippen LogP contribution is 2.26. The SMILES string of the molecule is CC(C)(C)c1cc(NC(=O)Nc2ccc(Cl)cc2)n(-c2ccc(F)cc2)n1. The average molecular weight is 387 g/mol. The first-order chi connectivity index (χ1) is 12.7. The molecule has 0 aliphatic carbocycles. The Morgan fingerprint density at radius 2 is 1.67 bits per heavy atom. The number of nitrogens with zero attached hydrogens (tertiary/aromatic N) is 2. The third kappa shape index (κ3) is 4.65. The van der Waals surface area contributed by atoms with Gasteiger partial charge < -0.3 is 5.32 Å². The van der Waals surface area contributed by atoms with Gasteiger partial charge in [0.2, 0.25) is 0 Å². The van der Waals surface area contributed by atoms with E-state index in [4.69, 9.17) is 11.6 Å². The van der Waals surface area contributed by atoms with Crippen LogP contribution in [0.3, 0.4) is 0 Å². The number of nitrogens with one attached hydrogen (secondary N) is 2. The van der Waals surface area contributed by atoms with Gasteiger partial charge in [0.25, 0.3) is 0 Å². The molecule has 0 aliphatic heterocycles. The molecule has 0 bridgehead atoms. The van der Waals surface area contributed by atoms with Gasteiger partial charge in [0.15, 0.2) is 0 Å². The van der Waals surface area contributed by atoms with Crippen LogP contribution < -0.4 is 10.6 Å². The van der Waals surface area contributed by atoms with Crippen LogP contribution >= 0.6 is 11.6 Å². The summed E-state index contributed by atoms with van der Waals surface area (Å²) in [6.07, 6.45) is 0. The van der Waals surface area contributed by atoms with E-state index in [0.29, 0.717) is 22.2 Å². The number of hydrogen-bond acceptors (Lipinski definition) is 2. The Labute approximate surface area is 162 Å². The first-order valence-corrected chi connectivity index (χ1v) is 8.80. The fourth-order valence-electron chi connectivity index (χ4n) is 2.43. The zero-order chi connectivity index (χ0) is 19.6. The zero-order valence-corrected chi connectivity index (χ0v) is 16.0. The monoisotopic (exact) mass is 386 g/mol. The van der Waals surface area contributed by atoms with Crippen LogP contribution in [0, 0.1) is 5.82 Å². The highest BCUT2D eigenvalue weighted by molar-refractivity contribution is 6.30. The molecule has 0 aliphatic rings. The van der Waals surface area contributed by atoms with E-state index in [1.165, 1.54) is 12.1 Å². The molecule has 0 unspecified atom stereocenters. The quantitative estimate of drug-likeness (QED) is 0.615. The smallest absolute Gasteiger partial charge is 0.308 e. The van der Waals surface area contributed by atoms with Crippen LogP contribution in [0.25, 0.3) is 5.69 Å². The summed E-state index contributed by atoms with van der Waals surface area (Å²) in [5.41, 5.74) is 1.84. The van der Waals surface area contributed by atoms with Gasteiger partial charge in [0.05, 0.1) is 11.4 Å². The molecule has 3 rings (SSSR count). The second-order valence-electron chi connectivity index (χ2n) is 7.14. The summed E-state index contributed by atoms with van der Waals surface area (Å²) in [6, 6.07) is 14.1. The van der Waals surface area contributed by atoms with Crippen molar-refractivity contribution in [3.05, 3.63) is 71.1 Å². The molecule has 27 heavy (non-hydrogen) atoms. The minimum absolute atomic E-state index is 0.214. The summed E-state index contributed by atoms with van der Waals surface area (Å²) in [6.45, 7) is 6.09. The lowest BCUT2D eigenvalue weighted by Crippen LogP contribution is -2.21. The first kappa shape index (κ1) is 18.9. The summed E-state index contributed by atoms with van der Waals surface area (Å²) in [7, 11) is 0. The van der Waals surface area contributed by atoms with Gasteiger partial charge in [0.1, 0.15) is 11.6 Å². The molecule has 2 aromatic carbocycles. The predicted octanol–water partition coefficient (Wildman–Crippen LogP) is 5.61. The molecule has 1 aromatic heterocycles. The van der Waals surface area contributed by atoms with Crippen molar-refractivity contribution < 1.29 is 9.18 Å². The van der Waals surface area contributed by atoms with Crippen molar-refractivity contribution in [1.82, 2.24) is 9.78 Å². The summed E-state index contributed by atoms with van der Waals surface area (Å²) in [5.74, 6) is 0.148. The Morgan fingerprint density at radius 1 is 1.04 bits per heavy atom. The van der Waals surface area contributed by atoms with Crippen LogP contribution in [0.1, 0.15) is 26.5 Å². The normalized spacial score (nSPS) is 11.3. The fraction of sp³-hybridized carbons (Fsp3) is 0.200. The van der Waals surface area contributed by atoms with E-state index in [1.807, 2.05) is 26.8 Å². The average Bonchev–Trinajstić information content (AvgIpc) is 3.02. The molecule has 0 saturated heterocycles. The maximum atomic E-state index is 13.3. The number of hydrogen-bond donors (Lipinski definition) is 2. The number of carbonyl (C=O) groups excluding carboxylic acids is 1. The highest BCUT2D eigenvalue weighted by atomic mass is 35.5. The van der Waals surface area contributed by atoms with Gasteiger partial charge >= 0.3 is 6.03 Å². The molecule has 0 saturated carbocycles. The Kier molecular flexibility index (Phi) is 5.19. The molecule has 7 heteroatoms. The van der Waals surface area contributed by atoms with Crippen molar-refractivity contribution in [1.29, 1.82) is 0 Å².